The third-order valence-corrected chi connectivity index (χ3v) is 4.13. The van der Waals surface area contributed by atoms with E-state index in [1.165, 1.54) is 18.2 Å². The Morgan fingerprint density at radius 2 is 2.04 bits per heavy atom. The van der Waals surface area contributed by atoms with Crippen molar-refractivity contribution in [1.29, 1.82) is 0 Å². The van der Waals surface area contributed by atoms with E-state index in [4.69, 9.17) is 0 Å². The summed E-state index contributed by atoms with van der Waals surface area (Å²) in [4.78, 5) is 16.8. The van der Waals surface area contributed by atoms with E-state index in [9.17, 15) is 18.0 Å². The molecule has 0 radical (unpaired) electrons. The molecule has 3 saturated heterocycles. The minimum atomic E-state index is -4.75. The van der Waals surface area contributed by atoms with Gasteiger partial charge in [-0.15, -0.1) is 13.2 Å². The van der Waals surface area contributed by atoms with Crippen molar-refractivity contribution in [3.63, 3.8) is 0 Å². The molecule has 1 aromatic carbocycles. The zero-order valence-electron chi connectivity index (χ0n) is 12.5. The molecule has 3 fully saturated rings. The summed E-state index contributed by atoms with van der Waals surface area (Å²) in [5.74, 6) is -0.539. The van der Waals surface area contributed by atoms with E-state index in [1.807, 2.05) is 0 Å². The predicted molar refractivity (Wildman–Crippen MR) is 78.2 cm³/mol. The molecular formula is C15H18F3N3O2. The third-order valence-electron chi connectivity index (χ3n) is 4.13. The van der Waals surface area contributed by atoms with Gasteiger partial charge in [0.15, 0.2) is 0 Å². The number of alkyl halides is 3. The molecule has 3 aliphatic rings. The number of fused-ring (bicyclic) bond motifs is 4. The minimum absolute atomic E-state index is 0.194. The van der Waals surface area contributed by atoms with Gasteiger partial charge < -0.3 is 10.1 Å². The average Bonchev–Trinajstić information content (AvgIpc) is 2.81. The van der Waals surface area contributed by atoms with Crippen LogP contribution in [-0.2, 0) is 4.79 Å². The van der Waals surface area contributed by atoms with Gasteiger partial charge in [0.25, 0.3) is 0 Å². The number of benzene rings is 1. The van der Waals surface area contributed by atoms with Gasteiger partial charge in [0.2, 0.25) is 5.91 Å². The molecule has 1 aromatic rings. The normalized spacial score (nSPS) is 27.3. The van der Waals surface area contributed by atoms with E-state index in [0.717, 1.165) is 32.6 Å². The maximum absolute atomic E-state index is 12.5. The van der Waals surface area contributed by atoms with E-state index in [2.05, 4.69) is 19.9 Å². The Morgan fingerprint density at radius 1 is 1.22 bits per heavy atom. The highest BCUT2D eigenvalue weighted by atomic mass is 19.4. The summed E-state index contributed by atoms with van der Waals surface area (Å²) in [6.07, 6.45) is -3.72. The number of carbonyl (C=O) groups is 1. The van der Waals surface area contributed by atoms with Crippen molar-refractivity contribution >= 4 is 11.6 Å². The quantitative estimate of drug-likeness (QED) is 0.920. The Bertz CT molecular complexity index is 575. The lowest BCUT2D eigenvalue weighted by Crippen LogP contribution is -2.55. The number of rotatable bonds is 3. The average molecular weight is 329 g/mol. The molecule has 3 aliphatic heterocycles. The fourth-order valence-corrected chi connectivity index (χ4v) is 3.09. The molecule has 3 atom stereocenters. The fraction of sp³-hybridized carbons (Fsp3) is 0.533. The molecule has 3 heterocycles. The van der Waals surface area contributed by atoms with Crippen molar-refractivity contribution < 1.29 is 22.7 Å². The molecule has 8 heteroatoms. The van der Waals surface area contributed by atoms with Crippen molar-refractivity contribution in [2.75, 3.05) is 38.0 Å². The van der Waals surface area contributed by atoms with Crippen molar-refractivity contribution in [2.24, 2.45) is 0 Å². The van der Waals surface area contributed by atoms with Crippen LogP contribution in [0.1, 0.15) is 6.42 Å². The van der Waals surface area contributed by atoms with Crippen molar-refractivity contribution in [2.45, 2.75) is 18.8 Å². The van der Waals surface area contributed by atoms with Crippen LogP contribution in [0.4, 0.5) is 18.9 Å². The zero-order chi connectivity index (χ0) is 16.4. The molecule has 5 nitrogen and oxygen atoms in total. The molecular weight excluding hydrogens is 311 g/mol. The Labute approximate surface area is 132 Å². The van der Waals surface area contributed by atoms with Crippen LogP contribution >= 0.6 is 0 Å². The van der Waals surface area contributed by atoms with E-state index in [-0.39, 0.29) is 17.7 Å². The standard InChI is InChI=1S/C15H18F3N3O2/c16-15(17,18)23-12-4-1-3-11(9-12)19-14(22)13-10-20-5-2-6-21(13)8-7-20/h1,3-4,9,13H,2,5-8,10H2,(H,19,22). The molecule has 4 rings (SSSR count). The van der Waals surface area contributed by atoms with Crippen LogP contribution in [0.2, 0.25) is 0 Å². The molecule has 126 valence electrons. The molecule has 3 unspecified atom stereocenters. The number of halogens is 3. The number of hydrogen-bond donors (Lipinski definition) is 1. The molecule has 0 aromatic heterocycles. The second-order valence-electron chi connectivity index (χ2n) is 5.77. The van der Waals surface area contributed by atoms with Crippen LogP contribution in [0.25, 0.3) is 0 Å². The number of anilines is 1. The zero-order valence-corrected chi connectivity index (χ0v) is 12.5. The van der Waals surface area contributed by atoms with Crippen LogP contribution in [0, 0.1) is 0 Å². The van der Waals surface area contributed by atoms with E-state index >= 15 is 0 Å². The molecule has 23 heavy (non-hydrogen) atoms. The summed E-state index contributed by atoms with van der Waals surface area (Å²) < 4.78 is 40.6. The maximum Gasteiger partial charge on any atom is 0.573 e. The molecule has 0 aliphatic carbocycles. The lowest BCUT2D eigenvalue weighted by atomic mass is 10.1. The fourth-order valence-electron chi connectivity index (χ4n) is 3.09. The lowest BCUT2D eigenvalue weighted by Gasteiger charge is -2.36. The Balaban J connectivity index is 1.67. The molecule has 0 spiro atoms. The van der Waals surface area contributed by atoms with Gasteiger partial charge in [-0.1, -0.05) is 6.07 Å². The third kappa shape index (κ3) is 4.14. The first-order valence-electron chi connectivity index (χ1n) is 7.54. The lowest BCUT2D eigenvalue weighted by molar-refractivity contribution is -0.274. The van der Waals surface area contributed by atoms with Gasteiger partial charge in [-0.2, -0.15) is 0 Å². The van der Waals surface area contributed by atoms with E-state index < -0.39 is 6.36 Å². The van der Waals surface area contributed by atoms with Crippen LogP contribution < -0.4 is 10.1 Å². The van der Waals surface area contributed by atoms with Gasteiger partial charge in [0, 0.05) is 37.9 Å². The van der Waals surface area contributed by atoms with Crippen LogP contribution in [0.5, 0.6) is 5.75 Å². The van der Waals surface area contributed by atoms with Crippen LogP contribution in [-0.4, -0.2) is 60.8 Å². The second-order valence-corrected chi connectivity index (χ2v) is 5.77. The predicted octanol–water partition coefficient (Wildman–Crippen LogP) is 1.91. The van der Waals surface area contributed by atoms with Gasteiger partial charge in [0.1, 0.15) is 11.8 Å². The first-order chi connectivity index (χ1) is 10.9. The van der Waals surface area contributed by atoms with E-state index in [1.54, 1.807) is 6.07 Å². The summed E-state index contributed by atoms with van der Waals surface area (Å²) in [6.45, 7) is 4.31. The summed E-state index contributed by atoms with van der Waals surface area (Å²) in [6, 6.07) is 5.08. The molecule has 1 N–H and O–H groups in total. The summed E-state index contributed by atoms with van der Waals surface area (Å²) in [7, 11) is 0. The van der Waals surface area contributed by atoms with Gasteiger partial charge in [-0.05, 0) is 25.1 Å². The molecule has 1 amide bonds. The van der Waals surface area contributed by atoms with Gasteiger partial charge in [-0.25, -0.2) is 0 Å². The summed E-state index contributed by atoms with van der Waals surface area (Å²) in [5, 5.41) is 2.70. The topological polar surface area (TPSA) is 44.8 Å². The number of amides is 1. The van der Waals surface area contributed by atoms with Gasteiger partial charge in [-0.3, -0.25) is 14.6 Å². The van der Waals surface area contributed by atoms with Gasteiger partial charge in [0.05, 0.1) is 0 Å². The highest BCUT2D eigenvalue weighted by Crippen LogP contribution is 2.25. The minimum Gasteiger partial charge on any atom is -0.406 e. The van der Waals surface area contributed by atoms with Crippen LogP contribution in [0.3, 0.4) is 0 Å². The van der Waals surface area contributed by atoms with Gasteiger partial charge >= 0.3 is 6.36 Å². The number of piperazine rings is 1. The Morgan fingerprint density at radius 3 is 2.83 bits per heavy atom. The number of ether oxygens (including phenoxy) is 1. The summed E-state index contributed by atoms with van der Waals surface area (Å²) >= 11 is 0. The molecule has 2 bridgehead atoms. The first kappa shape index (κ1) is 16.1. The van der Waals surface area contributed by atoms with Crippen molar-refractivity contribution in [3.8, 4) is 5.75 Å². The smallest absolute Gasteiger partial charge is 0.406 e. The number of hydrogen-bond acceptors (Lipinski definition) is 4. The summed E-state index contributed by atoms with van der Waals surface area (Å²) in [5.41, 5.74) is 0.299. The first-order valence-corrected chi connectivity index (χ1v) is 7.54. The highest BCUT2D eigenvalue weighted by Gasteiger charge is 2.34. The monoisotopic (exact) mass is 329 g/mol. The van der Waals surface area contributed by atoms with Crippen molar-refractivity contribution in [1.82, 2.24) is 9.80 Å². The maximum atomic E-state index is 12.5. The second kappa shape index (κ2) is 6.37. The number of nitrogens with one attached hydrogen (secondary N) is 1. The SMILES string of the molecule is O=C(Nc1cccc(OC(F)(F)F)c1)C1CN2CCCN1CC2. The Hall–Kier alpha value is -1.80. The largest absolute Gasteiger partial charge is 0.573 e. The Kier molecular flexibility index (Phi) is 4.45. The van der Waals surface area contributed by atoms with Crippen molar-refractivity contribution in [3.05, 3.63) is 24.3 Å². The van der Waals surface area contributed by atoms with E-state index in [0.29, 0.717) is 12.2 Å². The molecule has 0 saturated carbocycles. The highest BCUT2D eigenvalue weighted by molar-refractivity contribution is 5.95. The number of carbonyl (C=O) groups excluding carboxylic acids is 1. The number of nitrogens with zero attached hydrogens (tertiary/aromatic N) is 2. The van der Waals surface area contributed by atoms with Crippen LogP contribution in [0.15, 0.2) is 24.3 Å².